The Bertz CT molecular complexity index is 247. The molecule has 0 aliphatic carbocycles. The smallest absolute Gasteiger partial charge is 0.0314 e. The largest absolute Gasteiger partial charge is 0.317 e. The number of hydrogen-bond acceptors (Lipinski definition) is 2. The van der Waals surface area contributed by atoms with E-state index in [1.165, 1.54) is 10.0 Å². The van der Waals surface area contributed by atoms with Crippen molar-refractivity contribution in [1.82, 2.24) is 5.32 Å². The second kappa shape index (κ2) is 5.78. The summed E-state index contributed by atoms with van der Waals surface area (Å²) in [7, 11) is 0. The highest BCUT2D eigenvalue weighted by atomic mass is 79.9. The molecule has 0 aromatic carbocycles. The molecule has 0 bridgehead atoms. The third kappa shape index (κ3) is 3.79. The minimum absolute atomic E-state index is 0.714. The average Bonchev–Trinajstić information content (AvgIpc) is 2.48. The first kappa shape index (κ1) is 11.2. The van der Waals surface area contributed by atoms with Gasteiger partial charge in [0.1, 0.15) is 0 Å². The van der Waals surface area contributed by atoms with Gasteiger partial charge in [0.2, 0.25) is 0 Å². The van der Waals surface area contributed by atoms with Crippen LogP contribution in [0.1, 0.15) is 19.4 Å². The van der Waals surface area contributed by atoms with E-state index in [1.807, 2.05) is 0 Å². The molecule has 3 heteroatoms. The molecule has 0 fully saturated rings. The van der Waals surface area contributed by atoms with Crippen LogP contribution >= 0.6 is 27.3 Å². The van der Waals surface area contributed by atoms with Crippen LogP contribution in [0.5, 0.6) is 0 Å². The van der Waals surface area contributed by atoms with E-state index in [1.54, 1.807) is 11.3 Å². The van der Waals surface area contributed by atoms with Crippen LogP contribution < -0.4 is 5.32 Å². The first-order valence-corrected chi connectivity index (χ1v) is 6.39. The topological polar surface area (TPSA) is 12.0 Å². The zero-order valence-corrected chi connectivity index (χ0v) is 10.5. The molecular formula is C10H16BrNS. The molecule has 0 spiro atoms. The molecule has 0 radical (unpaired) electrons. The van der Waals surface area contributed by atoms with Crippen LogP contribution in [-0.4, -0.2) is 13.1 Å². The van der Waals surface area contributed by atoms with E-state index in [0.717, 1.165) is 19.5 Å². The highest BCUT2D eigenvalue weighted by molar-refractivity contribution is 9.10. The van der Waals surface area contributed by atoms with Crippen LogP contribution in [0.2, 0.25) is 0 Å². The summed E-state index contributed by atoms with van der Waals surface area (Å²) < 4.78 is 1.26. The number of hydrogen-bond donors (Lipinski definition) is 1. The molecule has 1 N–H and O–H groups in total. The summed E-state index contributed by atoms with van der Waals surface area (Å²) in [5, 5.41) is 7.74. The Morgan fingerprint density at radius 3 is 2.85 bits per heavy atom. The number of halogens is 1. The molecule has 0 aliphatic heterocycles. The van der Waals surface area contributed by atoms with Crippen LogP contribution in [0, 0.1) is 5.92 Å². The SMILES string of the molecule is CCNCC(C)Cc1cscc1Br. The molecule has 1 rings (SSSR count). The monoisotopic (exact) mass is 261 g/mol. The maximum absolute atomic E-state index is 3.55. The molecule has 0 amide bonds. The van der Waals surface area contributed by atoms with Crippen molar-refractivity contribution >= 4 is 27.3 Å². The Morgan fingerprint density at radius 1 is 1.54 bits per heavy atom. The van der Waals surface area contributed by atoms with Gasteiger partial charge in [-0.15, -0.1) is 0 Å². The number of thiophene rings is 1. The molecule has 1 unspecified atom stereocenters. The molecule has 13 heavy (non-hydrogen) atoms. The maximum atomic E-state index is 3.55. The van der Waals surface area contributed by atoms with Gasteiger partial charge in [-0.05, 0) is 52.3 Å². The Hall–Kier alpha value is 0.140. The Balaban J connectivity index is 2.36. The van der Waals surface area contributed by atoms with Crippen molar-refractivity contribution < 1.29 is 0 Å². The van der Waals surface area contributed by atoms with E-state index < -0.39 is 0 Å². The van der Waals surface area contributed by atoms with Crippen LogP contribution in [0.25, 0.3) is 0 Å². The minimum Gasteiger partial charge on any atom is -0.317 e. The van der Waals surface area contributed by atoms with Crippen molar-refractivity contribution in [3.63, 3.8) is 0 Å². The van der Waals surface area contributed by atoms with Crippen LogP contribution in [-0.2, 0) is 6.42 Å². The summed E-state index contributed by atoms with van der Waals surface area (Å²) in [6.07, 6.45) is 1.16. The second-order valence-corrected chi connectivity index (χ2v) is 4.96. The standard InChI is InChI=1S/C10H16BrNS/c1-3-12-5-8(2)4-9-6-13-7-10(9)11/h6-8,12H,3-5H2,1-2H3. The molecular weight excluding hydrogens is 246 g/mol. The predicted molar refractivity (Wildman–Crippen MR) is 63.4 cm³/mol. The predicted octanol–water partition coefficient (Wildman–Crippen LogP) is 3.30. The van der Waals surface area contributed by atoms with Crippen molar-refractivity contribution in [3.8, 4) is 0 Å². The van der Waals surface area contributed by atoms with E-state index >= 15 is 0 Å². The van der Waals surface area contributed by atoms with Gasteiger partial charge in [0.05, 0.1) is 0 Å². The number of rotatable bonds is 5. The molecule has 0 saturated heterocycles. The first-order chi connectivity index (χ1) is 6.24. The highest BCUT2D eigenvalue weighted by Gasteiger charge is 2.06. The molecule has 1 nitrogen and oxygen atoms in total. The van der Waals surface area contributed by atoms with E-state index in [2.05, 4.69) is 45.9 Å². The maximum Gasteiger partial charge on any atom is 0.0314 e. The highest BCUT2D eigenvalue weighted by Crippen LogP contribution is 2.23. The van der Waals surface area contributed by atoms with E-state index in [9.17, 15) is 0 Å². The fourth-order valence-electron chi connectivity index (χ4n) is 1.29. The summed E-state index contributed by atoms with van der Waals surface area (Å²) >= 11 is 5.32. The lowest BCUT2D eigenvalue weighted by Gasteiger charge is -2.10. The van der Waals surface area contributed by atoms with Crippen molar-refractivity contribution in [2.45, 2.75) is 20.3 Å². The molecule has 1 aromatic rings. The summed E-state index contributed by atoms with van der Waals surface area (Å²) in [5.41, 5.74) is 1.44. The summed E-state index contributed by atoms with van der Waals surface area (Å²) in [5.74, 6) is 0.714. The van der Waals surface area contributed by atoms with Crippen LogP contribution in [0.4, 0.5) is 0 Å². The van der Waals surface area contributed by atoms with Gasteiger partial charge >= 0.3 is 0 Å². The van der Waals surface area contributed by atoms with Gasteiger partial charge in [-0.1, -0.05) is 13.8 Å². The molecule has 1 heterocycles. The van der Waals surface area contributed by atoms with Gasteiger partial charge in [-0.25, -0.2) is 0 Å². The van der Waals surface area contributed by atoms with Crippen molar-refractivity contribution in [1.29, 1.82) is 0 Å². The van der Waals surface area contributed by atoms with Gasteiger partial charge < -0.3 is 5.32 Å². The molecule has 0 aliphatic rings. The van der Waals surface area contributed by atoms with E-state index in [-0.39, 0.29) is 0 Å². The zero-order valence-electron chi connectivity index (χ0n) is 8.14. The second-order valence-electron chi connectivity index (χ2n) is 3.36. The lowest BCUT2D eigenvalue weighted by atomic mass is 10.0. The Morgan fingerprint density at radius 2 is 2.31 bits per heavy atom. The van der Waals surface area contributed by atoms with Gasteiger partial charge in [0.25, 0.3) is 0 Å². The van der Waals surface area contributed by atoms with Gasteiger partial charge in [-0.3, -0.25) is 0 Å². The summed E-state index contributed by atoms with van der Waals surface area (Å²) in [6.45, 7) is 6.61. The summed E-state index contributed by atoms with van der Waals surface area (Å²) in [4.78, 5) is 0. The van der Waals surface area contributed by atoms with Crippen LogP contribution in [0.3, 0.4) is 0 Å². The molecule has 74 valence electrons. The quantitative estimate of drug-likeness (QED) is 0.858. The normalized spacial score (nSPS) is 13.2. The zero-order chi connectivity index (χ0) is 9.68. The Labute approximate surface area is 92.7 Å². The summed E-state index contributed by atoms with van der Waals surface area (Å²) in [6, 6.07) is 0. The van der Waals surface area contributed by atoms with Crippen LogP contribution in [0.15, 0.2) is 15.2 Å². The molecule has 0 saturated carbocycles. The Kier molecular flexibility index (Phi) is 4.99. The fraction of sp³-hybridized carbons (Fsp3) is 0.600. The average molecular weight is 262 g/mol. The molecule has 1 aromatic heterocycles. The minimum atomic E-state index is 0.714. The first-order valence-electron chi connectivity index (χ1n) is 4.65. The van der Waals surface area contributed by atoms with E-state index in [0.29, 0.717) is 5.92 Å². The lowest BCUT2D eigenvalue weighted by Crippen LogP contribution is -2.21. The lowest BCUT2D eigenvalue weighted by molar-refractivity contribution is 0.521. The van der Waals surface area contributed by atoms with Gasteiger partial charge in [0, 0.05) is 9.85 Å². The van der Waals surface area contributed by atoms with Gasteiger partial charge in [0.15, 0.2) is 0 Å². The number of nitrogens with one attached hydrogen (secondary N) is 1. The van der Waals surface area contributed by atoms with E-state index in [4.69, 9.17) is 0 Å². The third-order valence-electron chi connectivity index (χ3n) is 2.00. The van der Waals surface area contributed by atoms with Gasteiger partial charge in [-0.2, -0.15) is 11.3 Å². The molecule has 1 atom stereocenters. The van der Waals surface area contributed by atoms with Crippen molar-refractivity contribution in [2.75, 3.05) is 13.1 Å². The van der Waals surface area contributed by atoms with Crippen molar-refractivity contribution in [2.24, 2.45) is 5.92 Å². The third-order valence-corrected chi connectivity index (χ3v) is 3.83. The fourth-order valence-corrected chi connectivity index (χ4v) is 2.77. The van der Waals surface area contributed by atoms with Crippen molar-refractivity contribution in [3.05, 3.63) is 20.8 Å².